The second-order valence-electron chi connectivity index (χ2n) is 12.6. The third-order valence-electron chi connectivity index (χ3n) is 6.70. The summed E-state index contributed by atoms with van der Waals surface area (Å²) in [6.45, 7) is 15.0. The van der Waals surface area contributed by atoms with Crippen LogP contribution in [0.5, 0.6) is 17.2 Å². The summed E-state index contributed by atoms with van der Waals surface area (Å²) in [6, 6.07) is 19.7. The fourth-order valence-electron chi connectivity index (χ4n) is 4.59. The van der Waals surface area contributed by atoms with Gasteiger partial charge in [0.1, 0.15) is 27.7 Å². The summed E-state index contributed by atoms with van der Waals surface area (Å²) in [4.78, 5) is 25.1. The smallest absolute Gasteiger partial charge is 0.298 e. The monoisotopic (exact) mass is 696 g/mol. The molecule has 4 rings (SSSR count). The maximum absolute atomic E-state index is 13.3. The molecule has 0 aliphatic rings. The van der Waals surface area contributed by atoms with Crippen molar-refractivity contribution in [3.63, 3.8) is 0 Å². The minimum Gasteiger partial charge on any atom is -0.488 e. The van der Waals surface area contributed by atoms with Crippen molar-refractivity contribution in [2.75, 3.05) is 0 Å². The topological polar surface area (TPSA) is 161 Å². The van der Waals surface area contributed by atoms with E-state index in [1.807, 2.05) is 34.6 Å². The Morgan fingerprint density at radius 1 is 0.562 bits per heavy atom. The van der Waals surface area contributed by atoms with Crippen molar-refractivity contribution in [1.29, 1.82) is 0 Å². The molecule has 12 heteroatoms. The average molecular weight is 697 g/mol. The average Bonchev–Trinajstić information content (AvgIpc) is 3.00. The summed E-state index contributed by atoms with van der Waals surface area (Å²) in [5.74, 6) is -0.554. The summed E-state index contributed by atoms with van der Waals surface area (Å²) in [7, 11) is -9.59. The number of rotatable bonds is 9. The molecule has 10 nitrogen and oxygen atoms in total. The minimum absolute atomic E-state index is 0.132. The molecule has 4 aromatic rings. The second kappa shape index (κ2) is 14.4. The van der Waals surface area contributed by atoms with Gasteiger partial charge in [-0.05, 0) is 105 Å². The van der Waals surface area contributed by atoms with Gasteiger partial charge in [0.2, 0.25) is 0 Å². The molecule has 0 saturated heterocycles. The van der Waals surface area contributed by atoms with E-state index < -0.39 is 41.2 Å². The summed E-state index contributed by atoms with van der Waals surface area (Å²) in [6.07, 6.45) is 0. The lowest BCUT2D eigenvalue weighted by Crippen LogP contribution is -2.22. The zero-order valence-electron chi connectivity index (χ0n) is 28.1. The number of carbonyl (C=O) groups is 2. The maximum Gasteiger partial charge on any atom is 0.298 e. The van der Waals surface area contributed by atoms with Gasteiger partial charge in [-0.3, -0.25) is 18.7 Å². The maximum atomic E-state index is 13.3. The lowest BCUT2D eigenvalue weighted by Gasteiger charge is -2.22. The van der Waals surface area contributed by atoms with Crippen LogP contribution in [0.3, 0.4) is 0 Å². The Labute approximate surface area is 282 Å². The highest BCUT2D eigenvalue weighted by molar-refractivity contribution is 7.86. The summed E-state index contributed by atoms with van der Waals surface area (Å²) in [5, 5.41) is 0. The highest BCUT2D eigenvalue weighted by Gasteiger charge is 2.27. The molecule has 0 fully saturated rings. The van der Waals surface area contributed by atoms with Gasteiger partial charge >= 0.3 is 0 Å². The molecule has 0 saturated carbocycles. The molecule has 0 spiro atoms. The first-order valence-corrected chi connectivity index (χ1v) is 17.9. The Bertz CT molecular complexity index is 2020. The fraction of sp³-hybridized carbons (Fsp3) is 0.278. The largest absolute Gasteiger partial charge is 0.488 e. The molecule has 0 amide bonds. The van der Waals surface area contributed by atoms with Crippen LogP contribution in [0.15, 0.2) is 94.7 Å². The van der Waals surface area contributed by atoms with Crippen molar-refractivity contribution < 1.29 is 45.0 Å². The molecular weight excluding hydrogens is 657 g/mol. The molecular formula is C36H40O10S2. The lowest BCUT2D eigenvalue weighted by atomic mass is 9.86. The Hall–Kier alpha value is -4.36. The van der Waals surface area contributed by atoms with E-state index in [1.54, 1.807) is 45.0 Å². The van der Waals surface area contributed by atoms with E-state index >= 15 is 0 Å². The molecule has 2 N–H and O–H groups in total. The third-order valence-corrected chi connectivity index (χ3v) is 8.47. The van der Waals surface area contributed by atoms with E-state index in [4.69, 9.17) is 9.47 Å². The first-order chi connectivity index (χ1) is 22.1. The highest BCUT2D eigenvalue weighted by atomic mass is 32.2. The molecule has 0 unspecified atom stereocenters. The highest BCUT2D eigenvalue weighted by Crippen LogP contribution is 2.33. The Morgan fingerprint density at radius 2 is 0.958 bits per heavy atom. The lowest BCUT2D eigenvalue weighted by molar-refractivity contribution is 0.103. The quantitative estimate of drug-likeness (QED) is 0.130. The SMILES string of the molecule is CC.CC(C)(C)Oc1ccc(C(=O)c2ccc(Oc3ccc(C(=O)c4ccc(C(C)(C)C)c(S(=O)(=O)O)c4)cc3S(=O)(=O)O)cc2)cc1. The molecule has 0 radical (unpaired) electrons. The van der Waals surface area contributed by atoms with Crippen LogP contribution >= 0.6 is 0 Å². The Kier molecular flexibility index (Phi) is 11.4. The number of ketones is 2. The molecule has 4 aromatic carbocycles. The van der Waals surface area contributed by atoms with Crippen LogP contribution in [0.4, 0.5) is 0 Å². The van der Waals surface area contributed by atoms with E-state index in [0.717, 1.165) is 12.1 Å². The van der Waals surface area contributed by atoms with Crippen LogP contribution in [0.2, 0.25) is 0 Å². The van der Waals surface area contributed by atoms with Gasteiger partial charge in [0, 0.05) is 22.3 Å². The zero-order chi connectivity index (χ0) is 36.2. The van der Waals surface area contributed by atoms with E-state index in [1.165, 1.54) is 48.5 Å². The van der Waals surface area contributed by atoms with Crippen molar-refractivity contribution in [3.05, 3.63) is 113 Å². The molecule has 0 heterocycles. The van der Waals surface area contributed by atoms with Crippen molar-refractivity contribution in [2.45, 2.75) is 76.2 Å². The van der Waals surface area contributed by atoms with E-state index in [2.05, 4.69) is 0 Å². The van der Waals surface area contributed by atoms with Crippen LogP contribution < -0.4 is 9.47 Å². The number of hydrogen-bond acceptors (Lipinski definition) is 8. The number of carbonyl (C=O) groups excluding carboxylic acids is 2. The Morgan fingerprint density at radius 3 is 1.40 bits per heavy atom. The summed E-state index contributed by atoms with van der Waals surface area (Å²) >= 11 is 0. The summed E-state index contributed by atoms with van der Waals surface area (Å²) < 4.78 is 80.0. The number of benzene rings is 4. The van der Waals surface area contributed by atoms with Gasteiger partial charge in [-0.15, -0.1) is 0 Å². The van der Waals surface area contributed by atoms with Crippen LogP contribution in [0, 0.1) is 0 Å². The van der Waals surface area contributed by atoms with E-state index in [9.17, 15) is 35.5 Å². The Balaban J connectivity index is 0.00000307. The zero-order valence-corrected chi connectivity index (χ0v) is 29.7. The first-order valence-electron chi connectivity index (χ1n) is 15.0. The standard InChI is InChI=1S/C34H34O10S2.C2H6/c1-33(2,3)27-17-11-23(19-29(27)45(37,38)39)32(36)24-12-18-28(30(20-24)46(40,41)42)43-25-13-7-21(8-14-25)31(35)22-9-15-26(16-10-22)44-34(4,5)6;1-2/h7-20H,1-6H3,(H,37,38,39)(H,40,41,42);1-2H3. The summed E-state index contributed by atoms with van der Waals surface area (Å²) in [5.41, 5.74) is -0.333. The van der Waals surface area contributed by atoms with Crippen LogP contribution in [0.25, 0.3) is 0 Å². The molecule has 0 aliphatic carbocycles. The number of hydrogen-bond donors (Lipinski definition) is 2. The van der Waals surface area contributed by atoms with Crippen LogP contribution in [-0.2, 0) is 25.7 Å². The van der Waals surface area contributed by atoms with Gasteiger partial charge in [-0.1, -0.05) is 46.8 Å². The van der Waals surface area contributed by atoms with E-state index in [0.29, 0.717) is 16.9 Å². The normalized spacial score (nSPS) is 12.0. The predicted octanol–water partition coefficient (Wildman–Crippen LogP) is 7.94. The van der Waals surface area contributed by atoms with Gasteiger partial charge in [-0.25, -0.2) is 0 Å². The van der Waals surface area contributed by atoms with Crippen molar-refractivity contribution in [1.82, 2.24) is 0 Å². The second-order valence-corrected chi connectivity index (χ2v) is 15.4. The fourth-order valence-corrected chi connectivity index (χ4v) is 6.16. The van der Waals surface area contributed by atoms with Crippen molar-refractivity contribution in [3.8, 4) is 17.2 Å². The molecule has 0 aliphatic heterocycles. The number of ether oxygens (including phenoxy) is 2. The third kappa shape index (κ3) is 9.60. The first kappa shape index (κ1) is 38.1. The van der Waals surface area contributed by atoms with Gasteiger partial charge in [-0.2, -0.15) is 16.8 Å². The van der Waals surface area contributed by atoms with Gasteiger partial charge in [0.15, 0.2) is 11.6 Å². The van der Waals surface area contributed by atoms with Crippen LogP contribution in [-0.4, -0.2) is 43.1 Å². The van der Waals surface area contributed by atoms with Gasteiger partial charge in [0.25, 0.3) is 20.2 Å². The molecule has 0 bridgehead atoms. The minimum atomic E-state index is -4.90. The molecule has 0 aromatic heterocycles. The predicted molar refractivity (Wildman–Crippen MR) is 183 cm³/mol. The van der Waals surface area contributed by atoms with Gasteiger partial charge < -0.3 is 9.47 Å². The van der Waals surface area contributed by atoms with Crippen LogP contribution in [0.1, 0.15) is 92.8 Å². The van der Waals surface area contributed by atoms with Crippen molar-refractivity contribution in [2.24, 2.45) is 0 Å². The molecule has 256 valence electrons. The van der Waals surface area contributed by atoms with E-state index in [-0.39, 0.29) is 39.6 Å². The van der Waals surface area contributed by atoms with Crippen molar-refractivity contribution >= 4 is 31.8 Å². The molecule has 48 heavy (non-hydrogen) atoms. The molecule has 0 atom stereocenters. The van der Waals surface area contributed by atoms with Gasteiger partial charge in [0.05, 0.1) is 4.90 Å².